The van der Waals surface area contributed by atoms with Gasteiger partial charge < -0.3 is 15.6 Å². The van der Waals surface area contributed by atoms with E-state index in [1.165, 1.54) is 0 Å². The van der Waals surface area contributed by atoms with Crippen LogP contribution in [0.3, 0.4) is 0 Å². The summed E-state index contributed by atoms with van der Waals surface area (Å²) in [6, 6.07) is 1.92. The zero-order chi connectivity index (χ0) is 14.8. The van der Waals surface area contributed by atoms with Gasteiger partial charge in [-0.3, -0.25) is 0 Å². The number of rotatable bonds is 4. The van der Waals surface area contributed by atoms with Crippen molar-refractivity contribution in [3.05, 3.63) is 23.4 Å². The minimum atomic E-state index is 0.315. The third-order valence-electron chi connectivity index (χ3n) is 3.88. The normalized spacial score (nSPS) is 17.5. The summed E-state index contributed by atoms with van der Waals surface area (Å²) < 4.78 is 2.26. The molecule has 7 heteroatoms. The van der Waals surface area contributed by atoms with Crippen molar-refractivity contribution in [2.75, 3.05) is 17.6 Å². The van der Waals surface area contributed by atoms with Crippen LogP contribution in [-0.4, -0.2) is 31.3 Å². The van der Waals surface area contributed by atoms with E-state index in [-0.39, 0.29) is 0 Å². The van der Waals surface area contributed by atoms with Gasteiger partial charge in [0.05, 0.1) is 0 Å². The Morgan fingerprint density at radius 1 is 1.38 bits per heavy atom. The molecule has 3 heterocycles. The molecule has 0 fully saturated rings. The molecule has 112 valence electrons. The Balaban J connectivity index is 1.64. The summed E-state index contributed by atoms with van der Waals surface area (Å²) in [5.41, 5.74) is 6.55. The minimum absolute atomic E-state index is 0.315. The van der Waals surface area contributed by atoms with E-state index in [2.05, 4.69) is 37.0 Å². The molecule has 0 saturated carbocycles. The lowest BCUT2D eigenvalue weighted by atomic mass is 9.99. The number of fused-ring (bicyclic) bond motifs is 1. The molecule has 0 unspecified atom stereocenters. The van der Waals surface area contributed by atoms with Crippen LogP contribution in [0, 0.1) is 12.8 Å². The summed E-state index contributed by atoms with van der Waals surface area (Å²) in [5, 5.41) is 11.9. The van der Waals surface area contributed by atoms with Gasteiger partial charge >= 0.3 is 0 Å². The van der Waals surface area contributed by atoms with Gasteiger partial charge in [-0.2, -0.15) is 4.98 Å². The largest absolute Gasteiger partial charge is 0.370 e. The second-order valence-corrected chi connectivity index (χ2v) is 5.53. The van der Waals surface area contributed by atoms with Gasteiger partial charge in [0, 0.05) is 37.7 Å². The average molecular weight is 287 g/mol. The van der Waals surface area contributed by atoms with Crippen LogP contribution in [0.1, 0.15) is 30.7 Å². The molecule has 0 bridgehead atoms. The van der Waals surface area contributed by atoms with Crippen molar-refractivity contribution in [2.45, 2.75) is 39.7 Å². The number of hydrogen-bond donors (Lipinski definition) is 2. The standard InChI is InChI=1S/C14H21N7/c1-3-12-19-20-13-5-4-10(8-21(12)13)7-16-11-6-9(2)17-14(15)18-11/h6,10H,3-5,7-8H2,1-2H3,(H3,15,16,17,18)/t10-/m1/s1. The molecule has 21 heavy (non-hydrogen) atoms. The molecule has 0 radical (unpaired) electrons. The van der Waals surface area contributed by atoms with Gasteiger partial charge in [0.25, 0.3) is 0 Å². The van der Waals surface area contributed by atoms with Crippen LogP contribution in [0.5, 0.6) is 0 Å². The Kier molecular flexibility index (Phi) is 3.72. The van der Waals surface area contributed by atoms with E-state index in [0.717, 1.165) is 55.5 Å². The molecule has 0 aromatic carbocycles. The van der Waals surface area contributed by atoms with E-state index < -0.39 is 0 Å². The third-order valence-corrected chi connectivity index (χ3v) is 3.88. The average Bonchev–Trinajstić information content (AvgIpc) is 2.86. The summed E-state index contributed by atoms with van der Waals surface area (Å²) in [4.78, 5) is 8.29. The van der Waals surface area contributed by atoms with E-state index in [1.54, 1.807) is 0 Å². The van der Waals surface area contributed by atoms with E-state index in [0.29, 0.717) is 11.9 Å². The summed E-state index contributed by atoms with van der Waals surface area (Å²) in [7, 11) is 0. The fourth-order valence-corrected chi connectivity index (χ4v) is 2.81. The number of aryl methyl sites for hydroxylation is 3. The number of nitrogens with one attached hydrogen (secondary N) is 1. The van der Waals surface area contributed by atoms with Crippen LogP contribution in [0.25, 0.3) is 0 Å². The molecule has 1 aliphatic rings. The van der Waals surface area contributed by atoms with Gasteiger partial charge in [0.15, 0.2) is 0 Å². The molecule has 3 rings (SSSR count). The van der Waals surface area contributed by atoms with Crippen LogP contribution in [0.4, 0.5) is 11.8 Å². The molecule has 1 atom stereocenters. The first-order valence-corrected chi connectivity index (χ1v) is 7.41. The highest BCUT2D eigenvalue weighted by molar-refractivity contribution is 5.40. The van der Waals surface area contributed by atoms with Crippen LogP contribution < -0.4 is 11.1 Å². The van der Waals surface area contributed by atoms with Crippen LogP contribution in [-0.2, 0) is 19.4 Å². The number of nitrogens with zero attached hydrogens (tertiary/aromatic N) is 5. The van der Waals surface area contributed by atoms with Crippen molar-refractivity contribution in [2.24, 2.45) is 5.92 Å². The zero-order valence-corrected chi connectivity index (χ0v) is 12.5. The highest BCUT2D eigenvalue weighted by Gasteiger charge is 2.22. The zero-order valence-electron chi connectivity index (χ0n) is 12.5. The predicted octanol–water partition coefficient (Wildman–Crippen LogP) is 1.20. The Bertz CT molecular complexity index is 600. The van der Waals surface area contributed by atoms with Crippen LogP contribution in [0.15, 0.2) is 6.07 Å². The fraction of sp³-hybridized carbons (Fsp3) is 0.571. The Hall–Kier alpha value is -2.18. The van der Waals surface area contributed by atoms with Gasteiger partial charge in [-0.25, -0.2) is 4.98 Å². The molecule has 7 nitrogen and oxygen atoms in total. The molecule has 0 amide bonds. The van der Waals surface area contributed by atoms with Gasteiger partial charge in [-0.1, -0.05) is 6.92 Å². The molecule has 2 aromatic heterocycles. The Labute approximate surface area is 124 Å². The summed E-state index contributed by atoms with van der Waals surface area (Å²) in [6.45, 7) is 5.88. The maximum absolute atomic E-state index is 5.67. The van der Waals surface area contributed by atoms with Gasteiger partial charge in [-0.15, -0.1) is 10.2 Å². The number of anilines is 2. The van der Waals surface area contributed by atoms with E-state index in [1.807, 2.05) is 13.0 Å². The van der Waals surface area contributed by atoms with Gasteiger partial charge in [0.1, 0.15) is 17.5 Å². The maximum Gasteiger partial charge on any atom is 0.222 e. The highest BCUT2D eigenvalue weighted by atomic mass is 15.3. The SMILES string of the molecule is CCc1nnc2n1C[C@@H](CNc1cc(C)nc(N)n1)CC2. The summed E-state index contributed by atoms with van der Waals surface area (Å²) in [6.07, 6.45) is 3.04. The van der Waals surface area contributed by atoms with Crippen LogP contribution in [0.2, 0.25) is 0 Å². The molecule has 3 N–H and O–H groups in total. The van der Waals surface area contributed by atoms with E-state index in [4.69, 9.17) is 5.73 Å². The number of nitrogen functional groups attached to an aromatic ring is 1. The second kappa shape index (κ2) is 5.67. The number of nitrogens with two attached hydrogens (primary N) is 1. The quantitative estimate of drug-likeness (QED) is 0.877. The van der Waals surface area contributed by atoms with Crippen molar-refractivity contribution in [3.8, 4) is 0 Å². The van der Waals surface area contributed by atoms with Gasteiger partial charge in [-0.05, 0) is 19.3 Å². The lowest BCUT2D eigenvalue weighted by molar-refractivity contribution is 0.374. The van der Waals surface area contributed by atoms with Crippen molar-refractivity contribution in [3.63, 3.8) is 0 Å². The van der Waals surface area contributed by atoms with Crippen molar-refractivity contribution in [1.82, 2.24) is 24.7 Å². The lowest BCUT2D eigenvalue weighted by Gasteiger charge is -2.24. The minimum Gasteiger partial charge on any atom is -0.370 e. The first kappa shape index (κ1) is 13.8. The Morgan fingerprint density at radius 3 is 3.00 bits per heavy atom. The maximum atomic E-state index is 5.67. The van der Waals surface area contributed by atoms with Crippen molar-refractivity contribution < 1.29 is 0 Å². The van der Waals surface area contributed by atoms with Crippen LogP contribution >= 0.6 is 0 Å². The first-order chi connectivity index (χ1) is 10.2. The van der Waals surface area contributed by atoms with Gasteiger partial charge in [0.2, 0.25) is 5.95 Å². The smallest absolute Gasteiger partial charge is 0.222 e. The summed E-state index contributed by atoms with van der Waals surface area (Å²) >= 11 is 0. The Morgan fingerprint density at radius 2 is 2.24 bits per heavy atom. The molecular formula is C14H21N7. The topological polar surface area (TPSA) is 94.5 Å². The van der Waals surface area contributed by atoms with E-state index >= 15 is 0 Å². The number of hydrogen-bond acceptors (Lipinski definition) is 6. The highest BCUT2D eigenvalue weighted by Crippen LogP contribution is 2.21. The number of aromatic nitrogens is 5. The molecule has 0 spiro atoms. The van der Waals surface area contributed by atoms with Crippen molar-refractivity contribution in [1.29, 1.82) is 0 Å². The monoisotopic (exact) mass is 287 g/mol. The molecule has 0 aliphatic carbocycles. The summed E-state index contributed by atoms with van der Waals surface area (Å²) in [5.74, 6) is 3.86. The molecule has 1 aliphatic heterocycles. The van der Waals surface area contributed by atoms with Crippen molar-refractivity contribution >= 4 is 11.8 Å². The third kappa shape index (κ3) is 2.96. The molecule has 0 saturated heterocycles. The second-order valence-electron chi connectivity index (χ2n) is 5.53. The van der Waals surface area contributed by atoms with E-state index in [9.17, 15) is 0 Å². The first-order valence-electron chi connectivity index (χ1n) is 7.41. The molecule has 2 aromatic rings. The predicted molar refractivity (Wildman–Crippen MR) is 80.9 cm³/mol. The fourth-order valence-electron chi connectivity index (χ4n) is 2.81. The molecular weight excluding hydrogens is 266 g/mol. The lowest BCUT2D eigenvalue weighted by Crippen LogP contribution is -2.27.